The van der Waals surface area contributed by atoms with Gasteiger partial charge in [-0.3, -0.25) is 9.59 Å². The molecule has 2 amide bonds. The molecule has 1 aromatic carbocycles. The summed E-state index contributed by atoms with van der Waals surface area (Å²) in [6.07, 6.45) is 1.74. The third-order valence-electron chi connectivity index (χ3n) is 4.77. The molecule has 1 unspecified atom stereocenters. The third kappa shape index (κ3) is 4.70. The molecule has 2 heterocycles. The number of nitrogens with one attached hydrogen (secondary N) is 1. The average molecular weight is 424 g/mol. The van der Waals surface area contributed by atoms with Crippen LogP contribution in [0.3, 0.4) is 0 Å². The SMILES string of the molecule is CC(C)C(=O)NCc1csc(C2CCCN(C(=O)c3c(F)cccc3Cl)C2)n1. The predicted molar refractivity (Wildman–Crippen MR) is 108 cm³/mol. The minimum atomic E-state index is -0.600. The Morgan fingerprint density at radius 1 is 1.43 bits per heavy atom. The Morgan fingerprint density at radius 2 is 2.21 bits per heavy atom. The Labute approximate surface area is 172 Å². The van der Waals surface area contributed by atoms with Crippen molar-refractivity contribution in [2.75, 3.05) is 13.1 Å². The Kier molecular flexibility index (Phi) is 6.67. The van der Waals surface area contributed by atoms with Crippen molar-refractivity contribution in [3.63, 3.8) is 0 Å². The highest BCUT2D eigenvalue weighted by Crippen LogP contribution is 2.31. The monoisotopic (exact) mass is 423 g/mol. The summed E-state index contributed by atoms with van der Waals surface area (Å²) in [7, 11) is 0. The topological polar surface area (TPSA) is 62.3 Å². The van der Waals surface area contributed by atoms with Crippen LogP contribution in [0.25, 0.3) is 0 Å². The van der Waals surface area contributed by atoms with Crippen LogP contribution >= 0.6 is 22.9 Å². The van der Waals surface area contributed by atoms with E-state index in [4.69, 9.17) is 11.6 Å². The van der Waals surface area contributed by atoms with E-state index in [1.807, 2.05) is 19.2 Å². The van der Waals surface area contributed by atoms with Gasteiger partial charge in [-0.2, -0.15) is 0 Å². The van der Waals surface area contributed by atoms with Crippen LogP contribution in [-0.4, -0.2) is 34.8 Å². The Bertz CT molecular complexity index is 851. The predicted octanol–water partition coefficient (Wildman–Crippen LogP) is 4.23. The van der Waals surface area contributed by atoms with Crippen molar-refractivity contribution in [1.82, 2.24) is 15.2 Å². The second-order valence-electron chi connectivity index (χ2n) is 7.24. The molecule has 0 spiro atoms. The van der Waals surface area contributed by atoms with E-state index in [-0.39, 0.29) is 34.2 Å². The molecule has 8 heteroatoms. The van der Waals surface area contributed by atoms with Crippen LogP contribution in [0, 0.1) is 11.7 Å². The molecule has 1 aromatic heterocycles. The number of carbonyl (C=O) groups is 2. The van der Waals surface area contributed by atoms with Gasteiger partial charge in [-0.15, -0.1) is 11.3 Å². The van der Waals surface area contributed by atoms with Crippen molar-refractivity contribution in [1.29, 1.82) is 0 Å². The number of rotatable bonds is 5. The summed E-state index contributed by atoms with van der Waals surface area (Å²) in [6.45, 7) is 5.14. The van der Waals surface area contributed by atoms with Gasteiger partial charge in [0.25, 0.3) is 5.91 Å². The normalized spacial score (nSPS) is 17.0. The van der Waals surface area contributed by atoms with Gasteiger partial charge in [0.15, 0.2) is 0 Å². The van der Waals surface area contributed by atoms with Gasteiger partial charge in [-0.05, 0) is 25.0 Å². The fraction of sp³-hybridized carbons (Fsp3) is 0.450. The van der Waals surface area contributed by atoms with Crippen LogP contribution in [0.1, 0.15) is 53.7 Å². The van der Waals surface area contributed by atoms with Gasteiger partial charge < -0.3 is 10.2 Å². The van der Waals surface area contributed by atoms with E-state index in [2.05, 4.69) is 10.3 Å². The maximum absolute atomic E-state index is 14.1. The lowest BCUT2D eigenvalue weighted by Crippen LogP contribution is -2.39. The molecule has 0 radical (unpaired) electrons. The van der Waals surface area contributed by atoms with E-state index >= 15 is 0 Å². The first kappa shape index (κ1) is 20.7. The first-order valence-electron chi connectivity index (χ1n) is 9.32. The summed E-state index contributed by atoms with van der Waals surface area (Å²) >= 11 is 7.58. The number of amides is 2. The quantitative estimate of drug-likeness (QED) is 0.782. The Hall–Kier alpha value is -1.99. The van der Waals surface area contributed by atoms with Gasteiger partial charge >= 0.3 is 0 Å². The summed E-state index contributed by atoms with van der Waals surface area (Å²) < 4.78 is 14.1. The van der Waals surface area contributed by atoms with Gasteiger partial charge in [0.2, 0.25) is 5.91 Å². The zero-order valence-electron chi connectivity index (χ0n) is 15.9. The zero-order chi connectivity index (χ0) is 20.3. The minimum absolute atomic E-state index is 0.00856. The smallest absolute Gasteiger partial charge is 0.258 e. The molecule has 1 atom stereocenters. The molecule has 5 nitrogen and oxygen atoms in total. The second kappa shape index (κ2) is 9.01. The van der Waals surface area contributed by atoms with E-state index in [0.717, 1.165) is 23.5 Å². The average Bonchev–Trinajstić information content (AvgIpc) is 3.15. The summed E-state index contributed by atoms with van der Waals surface area (Å²) in [6, 6.07) is 4.26. The number of thiazole rings is 1. The fourth-order valence-electron chi connectivity index (χ4n) is 3.20. The summed E-state index contributed by atoms with van der Waals surface area (Å²) in [4.78, 5) is 30.8. The van der Waals surface area contributed by atoms with Crippen LogP contribution in [0.15, 0.2) is 23.6 Å². The zero-order valence-corrected chi connectivity index (χ0v) is 17.4. The molecule has 1 aliphatic rings. The summed E-state index contributed by atoms with van der Waals surface area (Å²) in [5.74, 6) is -0.958. The number of piperidine rings is 1. The minimum Gasteiger partial charge on any atom is -0.350 e. The number of benzene rings is 1. The largest absolute Gasteiger partial charge is 0.350 e. The molecule has 2 aromatic rings. The lowest BCUT2D eigenvalue weighted by atomic mass is 9.98. The molecule has 28 heavy (non-hydrogen) atoms. The van der Waals surface area contributed by atoms with Crippen molar-refractivity contribution in [2.24, 2.45) is 5.92 Å². The molecule has 1 fully saturated rings. The van der Waals surface area contributed by atoms with Crippen molar-refractivity contribution in [3.05, 3.63) is 50.7 Å². The molecule has 0 aliphatic carbocycles. The van der Waals surface area contributed by atoms with Gasteiger partial charge in [0.1, 0.15) is 5.82 Å². The summed E-state index contributed by atoms with van der Waals surface area (Å²) in [5.41, 5.74) is 0.746. The first-order valence-corrected chi connectivity index (χ1v) is 10.6. The Balaban J connectivity index is 1.67. The van der Waals surface area contributed by atoms with E-state index in [0.29, 0.717) is 19.6 Å². The highest BCUT2D eigenvalue weighted by atomic mass is 35.5. The summed E-state index contributed by atoms with van der Waals surface area (Å²) in [5, 5.41) is 5.86. The number of carbonyl (C=O) groups excluding carboxylic acids is 2. The van der Waals surface area contributed by atoms with E-state index in [1.165, 1.54) is 29.5 Å². The van der Waals surface area contributed by atoms with Crippen LogP contribution in [0.2, 0.25) is 5.02 Å². The van der Waals surface area contributed by atoms with Crippen LogP contribution in [-0.2, 0) is 11.3 Å². The molecule has 150 valence electrons. The van der Waals surface area contributed by atoms with Crippen molar-refractivity contribution >= 4 is 34.8 Å². The van der Waals surface area contributed by atoms with Gasteiger partial charge in [-0.1, -0.05) is 31.5 Å². The van der Waals surface area contributed by atoms with E-state index < -0.39 is 5.82 Å². The number of nitrogens with zero attached hydrogens (tertiary/aromatic N) is 2. The van der Waals surface area contributed by atoms with E-state index in [1.54, 1.807) is 4.90 Å². The molecule has 1 N–H and O–H groups in total. The molecule has 1 aliphatic heterocycles. The van der Waals surface area contributed by atoms with Crippen molar-refractivity contribution in [3.8, 4) is 0 Å². The van der Waals surface area contributed by atoms with Gasteiger partial charge in [-0.25, -0.2) is 9.37 Å². The van der Waals surface area contributed by atoms with Crippen LogP contribution in [0.5, 0.6) is 0 Å². The molecule has 3 rings (SSSR count). The van der Waals surface area contributed by atoms with Crippen molar-refractivity contribution in [2.45, 2.75) is 39.2 Å². The fourth-order valence-corrected chi connectivity index (χ4v) is 4.39. The number of aromatic nitrogens is 1. The number of halogens is 2. The van der Waals surface area contributed by atoms with Gasteiger partial charge in [0.05, 0.1) is 27.8 Å². The van der Waals surface area contributed by atoms with E-state index in [9.17, 15) is 14.0 Å². The highest BCUT2D eigenvalue weighted by Gasteiger charge is 2.29. The lowest BCUT2D eigenvalue weighted by Gasteiger charge is -2.32. The van der Waals surface area contributed by atoms with Crippen molar-refractivity contribution < 1.29 is 14.0 Å². The third-order valence-corrected chi connectivity index (χ3v) is 6.14. The standard InChI is InChI=1S/C20H23ClFN3O2S/c1-12(2)18(26)23-9-14-11-28-19(24-14)13-5-4-8-25(10-13)20(27)17-15(21)6-3-7-16(17)22/h3,6-7,11-13H,4-5,8-10H2,1-2H3,(H,23,26). The number of likely N-dealkylation sites (tertiary alicyclic amines) is 1. The van der Waals surface area contributed by atoms with Crippen LogP contribution < -0.4 is 5.32 Å². The molecule has 1 saturated heterocycles. The molecule has 0 bridgehead atoms. The van der Waals surface area contributed by atoms with Gasteiger partial charge in [0, 0.05) is 30.3 Å². The van der Waals surface area contributed by atoms with Crippen LogP contribution in [0.4, 0.5) is 4.39 Å². The first-order chi connectivity index (χ1) is 13.4. The second-order valence-corrected chi connectivity index (χ2v) is 8.53. The Morgan fingerprint density at radius 3 is 2.93 bits per heavy atom. The number of hydrogen-bond donors (Lipinski definition) is 1. The highest BCUT2D eigenvalue weighted by molar-refractivity contribution is 7.09. The molecular formula is C20H23ClFN3O2S. The molecular weight excluding hydrogens is 401 g/mol. The maximum atomic E-state index is 14.1. The molecule has 0 saturated carbocycles. The lowest BCUT2D eigenvalue weighted by molar-refractivity contribution is -0.124. The number of hydrogen-bond acceptors (Lipinski definition) is 4. The maximum Gasteiger partial charge on any atom is 0.258 e.